The Morgan fingerprint density at radius 3 is 2.11 bits per heavy atom. The van der Waals surface area contributed by atoms with Gasteiger partial charge in [0.15, 0.2) is 0 Å². The third kappa shape index (κ3) is 8.46. The molecule has 0 aromatic carbocycles. The summed E-state index contributed by atoms with van der Waals surface area (Å²) in [6.45, 7) is 11.7. The number of methoxy groups -OCH3 is 2. The molecule has 0 aromatic heterocycles. The SMILES string of the molecule is COCCCN(CCOC)CC(CBr)C(C)(C)C. The van der Waals surface area contributed by atoms with Gasteiger partial charge in [-0.05, 0) is 17.8 Å². The lowest BCUT2D eigenvalue weighted by Gasteiger charge is -2.34. The number of rotatable bonds is 10. The molecule has 0 fully saturated rings. The molecule has 110 valence electrons. The van der Waals surface area contributed by atoms with Crippen LogP contribution in [0.15, 0.2) is 0 Å². The van der Waals surface area contributed by atoms with E-state index < -0.39 is 0 Å². The Balaban J connectivity index is 4.26. The second-order valence-electron chi connectivity index (χ2n) is 5.86. The van der Waals surface area contributed by atoms with E-state index in [4.69, 9.17) is 9.47 Å². The zero-order valence-electron chi connectivity index (χ0n) is 12.7. The molecule has 0 aliphatic heterocycles. The fraction of sp³-hybridized carbons (Fsp3) is 1.00. The van der Waals surface area contributed by atoms with Crippen LogP contribution in [0.3, 0.4) is 0 Å². The monoisotopic (exact) mass is 323 g/mol. The Labute approximate surface area is 121 Å². The van der Waals surface area contributed by atoms with E-state index in [-0.39, 0.29) is 0 Å². The Bertz CT molecular complexity index is 195. The number of hydrogen-bond acceptors (Lipinski definition) is 3. The lowest BCUT2D eigenvalue weighted by molar-refractivity contribution is 0.106. The van der Waals surface area contributed by atoms with Crippen LogP contribution in [0.2, 0.25) is 0 Å². The summed E-state index contributed by atoms with van der Waals surface area (Å²) in [7, 11) is 3.52. The summed E-state index contributed by atoms with van der Waals surface area (Å²) in [6, 6.07) is 0. The Morgan fingerprint density at radius 1 is 1.06 bits per heavy atom. The van der Waals surface area contributed by atoms with Crippen LogP contribution in [0.25, 0.3) is 0 Å². The molecule has 0 heterocycles. The number of halogens is 1. The van der Waals surface area contributed by atoms with Crippen LogP contribution in [-0.2, 0) is 9.47 Å². The fourth-order valence-electron chi connectivity index (χ4n) is 1.81. The molecule has 1 unspecified atom stereocenters. The molecule has 0 rings (SSSR count). The second kappa shape index (κ2) is 10.2. The van der Waals surface area contributed by atoms with Gasteiger partial charge in [-0.3, -0.25) is 0 Å². The first kappa shape index (κ1) is 18.4. The van der Waals surface area contributed by atoms with E-state index in [2.05, 4.69) is 41.6 Å². The minimum Gasteiger partial charge on any atom is -0.385 e. The third-order valence-corrected chi connectivity index (χ3v) is 4.11. The van der Waals surface area contributed by atoms with Gasteiger partial charge in [-0.2, -0.15) is 0 Å². The van der Waals surface area contributed by atoms with Crippen molar-refractivity contribution >= 4 is 15.9 Å². The Kier molecular flexibility index (Phi) is 10.4. The van der Waals surface area contributed by atoms with E-state index in [0.717, 1.165) is 44.6 Å². The van der Waals surface area contributed by atoms with Crippen molar-refractivity contribution in [2.24, 2.45) is 11.3 Å². The summed E-state index contributed by atoms with van der Waals surface area (Å²) in [4.78, 5) is 2.49. The van der Waals surface area contributed by atoms with Gasteiger partial charge in [-0.25, -0.2) is 0 Å². The molecule has 3 nitrogen and oxygen atoms in total. The van der Waals surface area contributed by atoms with Crippen molar-refractivity contribution in [3.63, 3.8) is 0 Å². The van der Waals surface area contributed by atoms with Gasteiger partial charge >= 0.3 is 0 Å². The Hall–Kier alpha value is 0.360. The number of ether oxygens (including phenoxy) is 2. The largest absolute Gasteiger partial charge is 0.385 e. The van der Waals surface area contributed by atoms with Gasteiger partial charge in [-0.15, -0.1) is 0 Å². The topological polar surface area (TPSA) is 21.7 Å². The van der Waals surface area contributed by atoms with Gasteiger partial charge in [0, 0.05) is 45.8 Å². The van der Waals surface area contributed by atoms with Crippen LogP contribution >= 0.6 is 15.9 Å². The van der Waals surface area contributed by atoms with Gasteiger partial charge < -0.3 is 14.4 Å². The van der Waals surface area contributed by atoms with E-state index in [1.54, 1.807) is 14.2 Å². The summed E-state index contributed by atoms with van der Waals surface area (Å²) in [5.41, 5.74) is 0.329. The van der Waals surface area contributed by atoms with Crippen molar-refractivity contribution in [3.05, 3.63) is 0 Å². The minimum atomic E-state index is 0.329. The van der Waals surface area contributed by atoms with Crippen molar-refractivity contribution in [3.8, 4) is 0 Å². The van der Waals surface area contributed by atoms with E-state index in [0.29, 0.717) is 11.3 Å². The zero-order valence-corrected chi connectivity index (χ0v) is 14.3. The van der Waals surface area contributed by atoms with Crippen molar-refractivity contribution in [1.29, 1.82) is 0 Å². The molecular weight excluding hydrogens is 294 g/mol. The van der Waals surface area contributed by atoms with E-state index >= 15 is 0 Å². The smallest absolute Gasteiger partial charge is 0.0589 e. The third-order valence-electron chi connectivity index (χ3n) is 3.32. The molecular formula is C14H30BrNO2. The summed E-state index contributed by atoms with van der Waals surface area (Å²) in [6.07, 6.45) is 1.08. The normalized spacial score (nSPS) is 14.2. The standard InChI is InChI=1S/C14H30BrNO2/c1-14(2,3)13(11-15)12-16(8-10-18-5)7-6-9-17-4/h13H,6-12H2,1-5H3. The van der Waals surface area contributed by atoms with Crippen molar-refractivity contribution in [2.75, 3.05) is 52.4 Å². The quantitative estimate of drug-likeness (QED) is 0.455. The predicted molar refractivity (Wildman–Crippen MR) is 81.5 cm³/mol. The lowest BCUT2D eigenvalue weighted by Crippen LogP contribution is -2.39. The van der Waals surface area contributed by atoms with E-state index in [1.165, 1.54) is 0 Å². The van der Waals surface area contributed by atoms with Crippen molar-refractivity contribution < 1.29 is 9.47 Å². The van der Waals surface area contributed by atoms with Crippen molar-refractivity contribution in [2.45, 2.75) is 27.2 Å². The molecule has 0 bridgehead atoms. The fourth-order valence-corrected chi connectivity index (χ4v) is 2.99. The van der Waals surface area contributed by atoms with Crippen LogP contribution < -0.4 is 0 Å². The van der Waals surface area contributed by atoms with Gasteiger partial charge in [0.25, 0.3) is 0 Å². The lowest BCUT2D eigenvalue weighted by atomic mass is 9.82. The average molecular weight is 324 g/mol. The number of alkyl halides is 1. The van der Waals surface area contributed by atoms with Gasteiger partial charge in [-0.1, -0.05) is 36.7 Å². The molecule has 0 N–H and O–H groups in total. The highest BCUT2D eigenvalue weighted by molar-refractivity contribution is 9.09. The molecule has 0 spiro atoms. The predicted octanol–water partition coefficient (Wildman–Crippen LogP) is 3.03. The van der Waals surface area contributed by atoms with E-state index in [9.17, 15) is 0 Å². The first-order valence-electron chi connectivity index (χ1n) is 6.71. The van der Waals surface area contributed by atoms with Crippen LogP contribution in [0, 0.1) is 11.3 Å². The molecule has 4 heteroatoms. The molecule has 0 amide bonds. The molecule has 0 aliphatic carbocycles. The van der Waals surface area contributed by atoms with Gasteiger partial charge in [0.1, 0.15) is 0 Å². The first-order valence-corrected chi connectivity index (χ1v) is 7.84. The van der Waals surface area contributed by atoms with E-state index in [1.807, 2.05) is 0 Å². The molecule has 0 saturated heterocycles. The molecule has 1 atom stereocenters. The molecule has 0 saturated carbocycles. The number of hydrogen-bond donors (Lipinski definition) is 0. The summed E-state index contributed by atoms with van der Waals surface area (Å²) in [5.74, 6) is 0.650. The maximum Gasteiger partial charge on any atom is 0.0589 e. The van der Waals surface area contributed by atoms with Crippen LogP contribution in [0.5, 0.6) is 0 Å². The number of nitrogens with zero attached hydrogens (tertiary/aromatic N) is 1. The van der Waals surface area contributed by atoms with Crippen molar-refractivity contribution in [1.82, 2.24) is 4.90 Å². The highest BCUT2D eigenvalue weighted by Gasteiger charge is 2.25. The van der Waals surface area contributed by atoms with Crippen LogP contribution in [0.1, 0.15) is 27.2 Å². The minimum absolute atomic E-state index is 0.329. The maximum absolute atomic E-state index is 5.19. The summed E-state index contributed by atoms with van der Waals surface area (Å²) >= 11 is 3.65. The Morgan fingerprint density at radius 2 is 1.67 bits per heavy atom. The molecule has 0 radical (unpaired) electrons. The van der Waals surface area contributed by atoms with Gasteiger partial charge in [0.2, 0.25) is 0 Å². The first-order chi connectivity index (χ1) is 8.45. The van der Waals surface area contributed by atoms with Crippen LogP contribution in [-0.4, -0.2) is 57.3 Å². The summed E-state index contributed by atoms with van der Waals surface area (Å²) < 4.78 is 10.3. The highest BCUT2D eigenvalue weighted by Crippen LogP contribution is 2.28. The van der Waals surface area contributed by atoms with Gasteiger partial charge in [0.05, 0.1) is 6.61 Å². The summed E-state index contributed by atoms with van der Waals surface area (Å²) in [5, 5.41) is 1.05. The second-order valence-corrected chi connectivity index (χ2v) is 6.50. The molecule has 0 aromatic rings. The molecule has 18 heavy (non-hydrogen) atoms. The molecule has 0 aliphatic rings. The maximum atomic E-state index is 5.19. The average Bonchev–Trinajstić information content (AvgIpc) is 2.30. The van der Waals surface area contributed by atoms with Crippen LogP contribution in [0.4, 0.5) is 0 Å². The zero-order chi connectivity index (χ0) is 14.0. The highest BCUT2D eigenvalue weighted by atomic mass is 79.9.